The van der Waals surface area contributed by atoms with Gasteiger partial charge in [-0.3, -0.25) is 4.79 Å². The molecule has 1 heterocycles. The molecule has 1 saturated heterocycles. The average molecular weight is 353 g/mol. The quantitative estimate of drug-likeness (QED) is 0.863. The maximum Gasteiger partial charge on any atom is 0.335 e. The Hall–Kier alpha value is -2.66. The number of amides is 1. The summed E-state index contributed by atoms with van der Waals surface area (Å²) in [5.74, 6) is -1.21. The van der Waals surface area contributed by atoms with E-state index in [1.807, 2.05) is 31.2 Å². The Morgan fingerprint density at radius 3 is 2.46 bits per heavy atom. The highest BCUT2D eigenvalue weighted by molar-refractivity contribution is 5.87. The van der Waals surface area contributed by atoms with Crippen LogP contribution in [0.5, 0.6) is 0 Å². The largest absolute Gasteiger partial charge is 0.478 e. The summed E-state index contributed by atoms with van der Waals surface area (Å²) in [6.07, 6.45) is 1.44. The summed E-state index contributed by atoms with van der Waals surface area (Å²) in [7, 11) is 0. The Bertz CT molecular complexity index is 768. The van der Waals surface area contributed by atoms with Crippen molar-refractivity contribution in [3.63, 3.8) is 0 Å². The third-order valence-electron chi connectivity index (χ3n) is 4.73. The van der Waals surface area contributed by atoms with Gasteiger partial charge < -0.3 is 15.2 Å². The summed E-state index contributed by atoms with van der Waals surface area (Å²) in [6, 6.07) is 14.6. The highest BCUT2D eigenvalue weighted by Gasteiger charge is 2.32. The molecule has 1 fully saturated rings. The normalized spacial score (nSPS) is 19.7. The monoisotopic (exact) mass is 353 g/mol. The van der Waals surface area contributed by atoms with Gasteiger partial charge in [0.25, 0.3) is 0 Å². The smallest absolute Gasteiger partial charge is 0.335 e. The van der Waals surface area contributed by atoms with Crippen molar-refractivity contribution >= 4 is 11.9 Å². The molecule has 5 heteroatoms. The van der Waals surface area contributed by atoms with Crippen LogP contribution in [0.2, 0.25) is 0 Å². The van der Waals surface area contributed by atoms with Gasteiger partial charge in [-0.1, -0.05) is 42.0 Å². The second-order valence-corrected chi connectivity index (χ2v) is 6.67. The molecule has 26 heavy (non-hydrogen) atoms. The Balaban J connectivity index is 1.64. The molecule has 1 amide bonds. The van der Waals surface area contributed by atoms with Crippen molar-refractivity contribution in [2.75, 3.05) is 6.61 Å². The molecule has 0 aliphatic carbocycles. The molecule has 2 N–H and O–H groups in total. The number of benzene rings is 2. The van der Waals surface area contributed by atoms with Crippen LogP contribution in [0.3, 0.4) is 0 Å². The van der Waals surface area contributed by atoms with Gasteiger partial charge in [-0.2, -0.15) is 0 Å². The molecule has 2 aromatic carbocycles. The Kier molecular flexibility index (Phi) is 5.68. The Morgan fingerprint density at radius 2 is 1.81 bits per heavy atom. The number of carbonyl (C=O) groups is 2. The number of ether oxygens (including phenoxy) is 1. The molecule has 0 radical (unpaired) electrons. The fourth-order valence-corrected chi connectivity index (χ4v) is 3.22. The minimum Gasteiger partial charge on any atom is -0.478 e. The fourth-order valence-electron chi connectivity index (χ4n) is 3.22. The molecule has 0 bridgehead atoms. The standard InChI is InChI=1S/C21H23NO4/c1-14-4-8-16(9-5-14)19-18(3-2-12-26-19)20(23)22-13-15-6-10-17(11-7-15)21(24)25/h4-11,18-19H,2-3,12-13H2,1H3,(H,22,23)(H,24,25). The molecule has 136 valence electrons. The van der Waals surface area contributed by atoms with Gasteiger partial charge in [0.2, 0.25) is 5.91 Å². The molecule has 2 aromatic rings. The van der Waals surface area contributed by atoms with Crippen molar-refractivity contribution in [1.29, 1.82) is 0 Å². The topological polar surface area (TPSA) is 75.6 Å². The van der Waals surface area contributed by atoms with Crippen LogP contribution in [-0.2, 0) is 16.1 Å². The SMILES string of the molecule is Cc1ccc(C2OCCCC2C(=O)NCc2ccc(C(=O)O)cc2)cc1. The summed E-state index contributed by atoms with van der Waals surface area (Å²) in [6.45, 7) is 3.07. The highest BCUT2D eigenvalue weighted by atomic mass is 16.5. The van der Waals surface area contributed by atoms with Crippen molar-refractivity contribution in [2.24, 2.45) is 5.92 Å². The summed E-state index contributed by atoms with van der Waals surface area (Å²) in [5.41, 5.74) is 3.31. The molecule has 0 aromatic heterocycles. The van der Waals surface area contributed by atoms with E-state index in [0.717, 1.165) is 24.0 Å². The maximum absolute atomic E-state index is 12.7. The molecule has 1 aliphatic rings. The van der Waals surface area contributed by atoms with Crippen LogP contribution in [0, 0.1) is 12.8 Å². The van der Waals surface area contributed by atoms with E-state index in [0.29, 0.717) is 13.2 Å². The first-order chi connectivity index (χ1) is 12.5. The van der Waals surface area contributed by atoms with Crippen LogP contribution in [-0.4, -0.2) is 23.6 Å². The van der Waals surface area contributed by atoms with E-state index >= 15 is 0 Å². The van der Waals surface area contributed by atoms with Gasteiger partial charge in [-0.25, -0.2) is 4.79 Å². The zero-order valence-electron chi connectivity index (χ0n) is 14.8. The van der Waals surface area contributed by atoms with Gasteiger partial charge in [0.1, 0.15) is 0 Å². The number of aromatic carboxylic acids is 1. The van der Waals surface area contributed by atoms with Crippen molar-refractivity contribution < 1.29 is 19.4 Å². The molecule has 1 aliphatic heterocycles. The molecular formula is C21H23NO4. The molecular weight excluding hydrogens is 330 g/mol. The summed E-state index contributed by atoms with van der Waals surface area (Å²) >= 11 is 0. The van der Waals surface area contributed by atoms with E-state index in [9.17, 15) is 9.59 Å². The molecule has 0 spiro atoms. The third-order valence-corrected chi connectivity index (χ3v) is 4.73. The van der Waals surface area contributed by atoms with Crippen LogP contribution in [0.4, 0.5) is 0 Å². The predicted octanol–water partition coefficient (Wildman–Crippen LogP) is 3.48. The van der Waals surface area contributed by atoms with Crippen molar-refractivity contribution in [3.8, 4) is 0 Å². The number of nitrogens with one attached hydrogen (secondary N) is 1. The molecule has 2 unspecified atom stereocenters. The number of rotatable bonds is 5. The Morgan fingerprint density at radius 1 is 1.12 bits per heavy atom. The van der Waals surface area contributed by atoms with E-state index in [1.165, 1.54) is 5.56 Å². The van der Waals surface area contributed by atoms with Gasteiger partial charge in [0, 0.05) is 13.2 Å². The van der Waals surface area contributed by atoms with Gasteiger partial charge >= 0.3 is 5.97 Å². The van der Waals surface area contributed by atoms with Crippen molar-refractivity contribution in [3.05, 3.63) is 70.8 Å². The van der Waals surface area contributed by atoms with Crippen LogP contribution in [0.1, 0.15) is 46.0 Å². The summed E-state index contributed by atoms with van der Waals surface area (Å²) in [5, 5.41) is 11.9. The highest BCUT2D eigenvalue weighted by Crippen LogP contribution is 2.34. The lowest BCUT2D eigenvalue weighted by molar-refractivity contribution is -0.134. The lowest BCUT2D eigenvalue weighted by Crippen LogP contribution is -2.37. The first kappa shape index (κ1) is 18.1. The minimum absolute atomic E-state index is 0.0300. The van der Waals surface area contributed by atoms with E-state index in [1.54, 1.807) is 24.3 Å². The maximum atomic E-state index is 12.7. The summed E-state index contributed by atoms with van der Waals surface area (Å²) in [4.78, 5) is 23.6. The van der Waals surface area contributed by atoms with Gasteiger partial charge in [-0.15, -0.1) is 0 Å². The Labute approximate surface area is 153 Å². The number of carboxylic acids is 1. The van der Waals surface area contributed by atoms with Crippen LogP contribution in [0.25, 0.3) is 0 Å². The average Bonchev–Trinajstić information content (AvgIpc) is 2.67. The van der Waals surface area contributed by atoms with E-state index in [4.69, 9.17) is 9.84 Å². The van der Waals surface area contributed by atoms with E-state index in [-0.39, 0.29) is 23.5 Å². The van der Waals surface area contributed by atoms with Crippen molar-refractivity contribution in [1.82, 2.24) is 5.32 Å². The lowest BCUT2D eigenvalue weighted by atomic mass is 9.88. The van der Waals surface area contributed by atoms with Crippen LogP contribution < -0.4 is 5.32 Å². The first-order valence-corrected chi connectivity index (χ1v) is 8.83. The summed E-state index contributed by atoms with van der Waals surface area (Å²) < 4.78 is 5.91. The second kappa shape index (κ2) is 8.15. The van der Waals surface area contributed by atoms with E-state index in [2.05, 4.69) is 5.32 Å². The fraction of sp³-hybridized carbons (Fsp3) is 0.333. The third kappa shape index (κ3) is 4.29. The van der Waals surface area contributed by atoms with Crippen LogP contribution >= 0.6 is 0 Å². The van der Waals surface area contributed by atoms with Gasteiger partial charge in [-0.05, 0) is 43.0 Å². The molecule has 2 atom stereocenters. The number of carboxylic acid groups (broad SMARTS) is 1. The first-order valence-electron chi connectivity index (χ1n) is 8.83. The molecule has 3 rings (SSSR count). The van der Waals surface area contributed by atoms with Crippen LogP contribution in [0.15, 0.2) is 48.5 Å². The number of hydrogen-bond donors (Lipinski definition) is 2. The second-order valence-electron chi connectivity index (χ2n) is 6.67. The lowest BCUT2D eigenvalue weighted by Gasteiger charge is -2.31. The van der Waals surface area contributed by atoms with Gasteiger partial charge in [0.05, 0.1) is 17.6 Å². The zero-order chi connectivity index (χ0) is 18.5. The van der Waals surface area contributed by atoms with E-state index < -0.39 is 5.97 Å². The van der Waals surface area contributed by atoms with Gasteiger partial charge in [0.15, 0.2) is 0 Å². The minimum atomic E-state index is -0.958. The number of hydrogen-bond acceptors (Lipinski definition) is 3. The molecule has 5 nitrogen and oxygen atoms in total. The van der Waals surface area contributed by atoms with Crippen molar-refractivity contribution in [2.45, 2.75) is 32.4 Å². The number of aryl methyl sites for hydroxylation is 1. The molecule has 0 saturated carbocycles. The zero-order valence-corrected chi connectivity index (χ0v) is 14.8. The number of carbonyl (C=O) groups excluding carboxylic acids is 1. The predicted molar refractivity (Wildman–Crippen MR) is 97.8 cm³/mol.